The quantitative estimate of drug-likeness (QED) is 0.0251. The number of aromatic amines is 3. The van der Waals surface area contributed by atoms with Gasteiger partial charge in [-0.15, -0.1) is 10.2 Å². The number of amides is 4. The molecule has 16 aromatic rings. The molecule has 0 radical (unpaired) electrons. The van der Waals surface area contributed by atoms with Crippen LogP contribution in [-0.4, -0.2) is 295 Å². The molecule has 12 aromatic carbocycles. The fourth-order valence-electron chi connectivity index (χ4n) is 15.8. The summed E-state index contributed by atoms with van der Waals surface area (Å²) >= 11 is 32.6. The highest BCUT2D eigenvalue weighted by atomic mass is 35.5. The van der Waals surface area contributed by atoms with E-state index in [1.54, 1.807) is 74.3 Å². The number of phenolic OH excluding ortho intramolecular Hbond substituents is 6. The van der Waals surface area contributed by atoms with Crippen molar-refractivity contribution in [1.82, 2.24) is 98.3 Å². The molecular formula is C103H115Cl3F2N20O14S4. The molecule has 0 saturated carbocycles. The number of carbonyl (C=O) groups is 6. The maximum atomic E-state index is 12.5. The Morgan fingerprint density at radius 2 is 0.589 bits per heavy atom. The zero-order chi connectivity index (χ0) is 100. The van der Waals surface area contributed by atoms with Gasteiger partial charge in [-0.2, -0.15) is 15.3 Å². The van der Waals surface area contributed by atoms with E-state index in [2.05, 4.69) is 72.0 Å². The zero-order valence-electron chi connectivity index (χ0n) is 78.0. The number of benzene rings is 12. The van der Waals surface area contributed by atoms with Crippen molar-refractivity contribution in [3.05, 3.63) is 257 Å². The van der Waals surface area contributed by atoms with Crippen molar-refractivity contribution in [2.75, 3.05) is 133 Å². The highest BCUT2D eigenvalue weighted by Gasteiger charge is 2.29. The number of nitrogens with zero attached hydrogens (tertiary/aromatic N) is 17. The number of ether oxygens (including phenoxy) is 2. The number of aromatic hydroxyl groups is 6. The molecule has 34 nitrogen and oxygen atoms in total. The molecule has 20 rings (SSSR count). The number of H-pyrrole nitrogens is 3. The van der Waals surface area contributed by atoms with Gasteiger partial charge in [-0.1, -0.05) is 168 Å². The molecule has 0 unspecified atom stereocenters. The van der Waals surface area contributed by atoms with Crippen LogP contribution in [0.15, 0.2) is 248 Å². The average molecular weight is 2130 g/mol. The van der Waals surface area contributed by atoms with Crippen LogP contribution in [0.2, 0.25) is 0 Å². The van der Waals surface area contributed by atoms with E-state index in [0.717, 1.165) is 156 Å². The van der Waals surface area contributed by atoms with E-state index < -0.39 is 12.2 Å². The Morgan fingerprint density at radius 1 is 0.336 bits per heavy atom. The summed E-state index contributed by atoms with van der Waals surface area (Å²) in [4.78, 5) is 82.3. The predicted molar refractivity (Wildman–Crippen MR) is 581 cm³/mol. The van der Waals surface area contributed by atoms with E-state index in [-0.39, 0.29) is 100 Å². The van der Waals surface area contributed by atoms with Gasteiger partial charge in [0.2, 0.25) is 10.4 Å². The lowest BCUT2D eigenvalue weighted by Gasteiger charge is -2.31. The number of likely N-dealkylation sites (N-methyl/N-ethyl adjacent to an activating group) is 4. The van der Waals surface area contributed by atoms with Crippen molar-refractivity contribution in [2.24, 2.45) is 0 Å². The molecule has 43 heteroatoms. The summed E-state index contributed by atoms with van der Waals surface area (Å²) in [7, 11) is 8.12. The first kappa shape index (κ1) is 115. The molecule has 4 saturated heterocycles. The largest absolute Gasteiger partial charge is 0.508 e. The molecule has 4 amide bonds. The van der Waals surface area contributed by atoms with Crippen molar-refractivity contribution in [2.45, 2.75) is 41.3 Å². The second kappa shape index (κ2) is 53.3. The number of nitrogens with one attached hydrogen (secondary N) is 3. The number of fused-ring (bicyclic) bond motifs is 4. The van der Waals surface area contributed by atoms with Crippen LogP contribution in [0, 0.1) is 14.3 Å². The standard InChI is InChI=1S/2C24H23N5O3S.C20H15N3O3S.C18H13N3O2S.2C6H11ClN2O.C2H3ClO.3CH4.2FH.H2/c2*1-27-11-13-28(14-12-27)24(31)32-17-9-10-19(21(30)15-17)22-25-26-23(33)29(22)20-8-4-6-16-5-2-3-7-18(16)20;1-12(24)27-20-22-21-19(16-10-9-14(25)11-18(16)26)23(20)17-8-4-6-13-5-2-3-7-15(13)17;22-12-8-9-14(16(23)10-12)17-19-20-18(24)21(17)15-7-3-5-11-4-1-2-6-13(11)15;2*1-8-2-4-9(5-3-8)6(7)10;1-2(3)4;;;;;;/h2*2-10,15,30H,11-14H2,1H3,(H,26,33);2-11,25-26H,1H3;1-10,22-23H,(H,20,24);2*2-5H2,1H3;1H3;3*1H4;3*1H. The topological polar surface area (TPSA) is 400 Å². The van der Waals surface area contributed by atoms with Crippen molar-refractivity contribution in [3.8, 4) is 114 Å². The van der Waals surface area contributed by atoms with Gasteiger partial charge in [-0.05, 0) is 206 Å². The molecule has 0 atom stereocenters. The molecule has 4 fully saturated rings. The normalized spacial score (nSPS) is 13.5. The van der Waals surface area contributed by atoms with Crippen molar-refractivity contribution in [3.63, 3.8) is 0 Å². The second-order valence-electron chi connectivity index (χ2n) is 32.9. The molecular weight excluding hydrogens is 2010 g/mol. The molecule has 9 N–H and O–H groups in total. The molecule has 4 aliphatic rings. The summed E-state index contributed by atoms with van der Waals surface area (Å²) in [5.74, 6) is 1.96. The first-order valence-corrected chi connectivity index (χ1v) is 47.5. The summed E-state index contributed by atoms with van der Waals surface area (Å²) in [6, 6.07) is 73.7. The van der Waals surface area contributed by atoms with Gasteiger partial charge >= 0.3 is 22.9 Å². The van der Waals surface area contributed by atoms with Gasteiger partial charge in [0.1, 0.15) is 46.0 Å². The highest BCUT2D eigenvalue weighted by Crippen LogP contribution is 2.41. The minimum Gasteiger partial charge on any atom is -0.508 e. The van der Waals surface area contributed by atoms with E-state index in [1.165, 1.54) is 50.2 Å². The number of aromatic nitrogens is 12. The third-order valence-corrected chi connectivity index (χ3v) is 25.3. The summed E-state index contributed by atoms with van der Waals surface area (Å²) in [6.45, 7) is 15.2. The van der Waals surface area contributed by atoms with E-state index in [1.807, 2.05) is 198 Å². The first-order chi connectivity index (χ1) is 67.8. The number of phenols is 6. The molecule has 8 heterocycles. The fraction of sp³-hybridized carbons (Fsp3) is 0.243. The van der Waals surface area contributed by atoms with Gasteiger partial charge in [0.15, 0.2) is 42.7 Å². The van der Waals surface area contributed by atoms with Crippen LogP contribution in [0.5, 0.6) is 46.0 Å². The Bertz CT molecular complexity index is 7180. The Balaban J connectivity index is 0.000000220. The Labute approximate surface area is 877 Å². The van der Waals surface area contributed by atoms with Crippen molar-refractivity contribution < 1.29 is 79.7 Å². The van der Waals surface area contributed by atoms with Crippen LogP contribution in [0.4, 0.5) is 28.6 Å². The van der Waals surface area contributed by atoms with Gasteiger partial charge in [-0.3, -0.25) is 62.2 Å². The molecule has 146 heavy (non-hydrogen) atoms. The van der Waals surface area contributed by atoms with E-state index in [4.69, 9.17) is 69.3 Å². The average Bonchev–Trinajstić information content (AvgIpc) is 1.65. The third-order valence-electron chi connectivity index (χ3n) is 23.2. The van der Waals surface area contributed by atoms with Crippen molar-refractivity contribution in [1.29, 1.82) is 0 Å². The zero-order valence-corrected chi connectivity index (χ0v) is 83.6. The molecule has 770 valence electrons. The van der Waals surface area contributed by atoms with Crippen LogP contribution in [-0.2, 0) is 9.59 Å². The van der Waals surface area contributed by atoms with Gasteiger partial charge in [-0.25, -0.2) is 9.59 Å². The SMILES string of the molecule is C.C.C.CC(=O)Cl.CC(=O)Sc1nnc(-c2ccc(O)cc2O)n1-c1cccc2ccccc12.CN1CCN(C(=O)Cl)CC1.CN1CCN(C(=O)Cl)CC1.CN1CCN(C(=O)Oc2ccc(-c3n[nH]c(=S)n3-c3cccc4ccccc34)c(O)c2)CC1.CN1CCN(C(=O)Oc2ccc(-c3n[nH]c(=S)n3-c3cccc4ccccc34)c(O)c2)CC1.F.F.Oc1ccc(-c2n[nH]c(=S)n2-c2cccc3ccccc23)c(O)c1.[HH]. The monoisotopic (exact) mass is 2130 g/mol. The van der Waals surface area contributed by atoms with Crippen LogP contribution >= 0.6 is 83.2 Å². The van der Waals surface area contributed by atoms with Gasteiger partial charge < -0.3 is 79.3 Å². The van der Waals surface area contributed by atoms with Crippen molar-refractivity contribution >= 4 is 160 Å². The number of hydrogen-bond acceptors (Lipinski definition) is 27. The van der Waals surface area contributed by atoms with Crippen LogP contribution in [0.1, 0.15) is 37.6 Å². The lowest BCUT2D eigenvalue weighted by atomic mass is 10.1. The number of carbonyl (C=O) groups excluding carboxylic acids is 6. The lowest BCUT2D eigenvalue weighted by Crippen LogP contribution is -2.48. The smallest absolute Gasteiger partial charge is 0.415 e. The molecule has 0 aliphatic carbocycles. The number of rotatable bonds is 11. The Hall–Kier alpha value is -14.6. The summed E-state index contributed by atoms with van der Waals surface area (Å²) in [5, 5.41) is 98.5. The Kier molecular flexibility index (Phi) is 42.0. The summed E-state index contributed by atoms with van der Waals surface area (Å²) in [5.41, 5.74) is 5.19. The molecule has 4 aromatic heterocycles. The number of piperazine rings is 4. The predicted octanol–water partition coefficient (Wildman–Crippen LogP) is 21.1. The summed E-state index contributed by atoms with van der Waals surface area (Å²) in [6.07, 6.45) is -0.845. The highest BCUT2D eigenvalue weighted by molar-refractivity contribution is 8.13. The van der Waals surface area contributed by atoms with Crippen LogP contribution in [0.3, 0.4) is 0 Å². The maximum Gasteiger partial charge on any atom is 0.415 e. The fourth-order valence-corrected chi connectivity index (χ4v) is 17.4. The number of hydrogen-bond donors (Lipinski definition) is 9. The molecule has 4 aliphatic heterocycles. The van der Waals surface area contributed by atoms with Gasteiger partial charge in [0.25, 0.3) is 0 Å². The molecule has 0 spiro atoms. The lowest BCUT2D eigenvalue weighted by molar-refractivity contribution is -0.110. The number of thioether (sulfide) groups is 1. The number of halogens is 5. The van der Waals surface area contributed by atoms with E-state index in [0.29, 0.717) is 91.2 Å². The van der Waals surface area contributed by atoms with Gasteiger partial charge in [0.05, 0.1) is 45.0 Å². The van der Waals surface area contributed by atoms with Gasteiger partial charge in [0, 0.05) is 166 Å². The molecule has 0 bridgehead atoms. The Morgan fingerprint density at radius 3 is 0.863 bits per heavy atom. The first-order valence-electron chi connectivity index (χ1n) is 44.4. The summed E-state index contributed by atoms with van der Waals surface area (Å²) < 4.78 is 19.3. The van der Waals surface area contributed by atoms with Crippen LogP contribution in [0.25, 0.3) is 111 Å². The minimum absolute atomic E-state index is 0. The van der Waals surface area contributed by atoms with Crippen LogP contribution < -0.4 is 9.47 Å². The van der Waals surface area contributed by atoms with E-state index >= 15 is 0 Å². The second-order valence-corrected chi connectivity index (χ2v) is 36.4. The third kappa shape index (κ3) is 28.6. The minimum atomic E-state index is -0.423. The van der Waals surface area contributed by atoms with E-state index in [9.17, 15) is 59.4 Å². The maximum absolute atomic E-state index is 12.5.